The number of H-pyrrole nitrogens is 1. The van der Waals surface area contributed by atoms with Gasteiger partial charge >= 0.3 is 0 Å². The van der Waals surface area contributed by atoms with E-state index < -0.39 is 0 Å². The van der Waals surface area contributed by atoms with Crippen LogP contribution in [0.3, 0.4) is 0 Å². The van der Waals surface area contributed by atoms with Crippen molar-refractivity contribution in [1.29, 1.82) is 0 Å². The van der Waals surface area contributed by atoms with E-state index in [1.54, 1.807) is 0 Å². The van der Waals surface area contributed by atoms with E-state index in [2.05, 4.69) is 41.6 Å². The summed E-state index contributed by atoms with van der Waals surface area (Å²) >= 11 is 0. The molecule has 0 bridgehead atoms. The molecule has 102 valence electrons. The third-order valence-electron chi connectivity index (χ3n) is 4.44. The van der Waals surface area contributed by atoms with Crippen molar-refractivity contribution in [2.75, 3.05) is 13.1 Å². The van der Waals surface area contributed by atoms with Crippen LogP contribution in [0.4, 0.5) is 0 Å². The molecule has 0 radical (unpaired) electrons. The van der Waals surface area contributed by atoms with Crippen LogP contribution in [0, 0.1) is 12.8 Å². The van der Waals surface area contributed by atoms with Gasteiger partial charge in [-0.15, -0.1) is 0 Å². The molecule has 2 nitrogen and oxygen atoms in total. The molecular formula is C17H24N2. The lowest BCUT2D eigenvalue weighted by molar-refractivity contribution is 0.347. The van der Waals surface area contributed by atoms with Gasteiger partial charge in [0.1, 0.15) is 0 Å². The van der Waals surface area contributed by atoms with Gasteiger partial charge in [0, 0.05) is 17.1 Å². The van der Waals surface area contributed by atoms with Crippen molar-refractivity contribution in [3.05, 3.63) is 35.5 Å². The van der Waals surface area contributed by atoms with Crippen LogP contribution in [0.15, 0.2) is 24.4 Å². The Labute approximate surface area is 115 Å². The highest BCUT2D eigenvalue weighted by Crippen LogP contribution is 2.23. The number of aromatic nitrogens is 1. The molecule has 2 heteroatoms. The predicted octanol–water partition coefficient (Wildman–Crippen LogP) is 3.80. The third kappa shape index (κ3) is 3.01. The minimum atomic E-state index is 0.952. The Balaban J connectivity index is 1.60. The fourth-order valence-electron chi connectivity index (χ4n) is 3.25. The molecule has 2 heterocycles. The number of fused-ring (bicyclic) bond motifs is 1. The van der Waals surface area contributed by atoms with E-state index in [0.29, 0.717) is 0 Å². The van der Waals surface area contributed by atoms with Crippen LogP contribution in [-0.2, 0) is 6.42 Å². The Morgan fingerprint density at radius 1 is 1.21 bits per heavy atom. The van der Waals surface area contributed by atoms with Crippen LogP contribution in [0.1, 0.15) is 36.8 Å². The topological polar surface area (TPSA) is 27.8 Å². The summed E-state index contributed by atoms with van der Waals surface area (Å²) in [6.45, 7) is 4.61. The number of rotatable bonds is 4. The first-order valence-electron chi connectivity index (χ1n) is 7.60. The predicted molar refractivity (Wildman–Crippen MR) is 81.6 cm³/mol. The SMILES string of the molecule is Cc1ccc2[nH]cc(CCCC3CCNCC3)c2c1. The van der Waals surface area contributed by atoms with Crippen LogP contribution in [0.2, 0.25) is 0 Å². The van der Waals surface area contributed by atoms with Gasteiger partial charge in [-0.05, 0) is 69.3 Å². The maximum Gasteiger partial charge on any atom is 0.0456 e. The van der Waals surface area contributed by atoms with Gasteiger partial charge in [-0.25, -0.2) is 0 Å². The fraction of sp³-hybridized carbons (Fsp3) is 0.529. The van der Waals surface area contributed by atoms with E-state index in [1.807, 2.05) is 0 Å². The minimum Gasteiger partial charge on any atom is -0.361 e. The molecule has 1 aromatic carbocycles. The van der Waals surface area contributed by atoms with Gasteiger partial charge in [-0.2, -0.15) is 0 Å². The average Bonchev–Trinajstić information content (AvgIpc) is 2.83. The normalized spacial score (nSPS) is 17.1. The van der Waals surface area contributed by atoms with Crippen molar-refractivity contribution in [3.8, 4) is 0 Å². The van der Waals surface area contributed by atoms with Crippen LogP contribution in [-0.4, -0.2) is 18.1 Å². The fourth-order valence-corrected chi connectivity index (χ4v) is 3.25. The lowest BCUT2D eigenvalue weighted by Crippen LogP contribution is -2.27. The van der Waals surface area contributed by atoms with Gasteiger partial charge in [0.2, 0.25) is 0 Å². The van der Waals surface area contributed by atoms with Gasteiger partial charge in [0.25, 0.3) is 0 Å². The molecule has 19 heavy (non-hydrogen) atoms. The molecule has 1 aliphatic rings. The number of benzene rings is 1. The number of piperidine rings is 1. The lowest BCUT2D eigenvalue weighted by Gasteiger charge is -2.22. The summed E-state index contributed by atoms with van der Waals surface area (Å²) in [7, 11) is 0. The van der Waals surface area contributed by atoms with E-state index in [9.17, 15) is 0 Å². The van der Waals surface area contributed by atoms with Gasteiger partial charge < -0.3 is 10.3 Å². The molecule has 1 aliphatic heterocycles. The molecule has 0 amide bonds. The average molecular weight is 256 g/mol. The van der Waals surface area contributed by atoms with Gasteiger partial charge in [-0.3, -0.25) is 0 Å². The molecule has 0 atom stereocenters. The molecule has 2 aromatic rings. The van der Waals surface area contributed by atoms with Crippen LogP contribution < -0.4 is 5.32 Å². The number of hydrogen-bond acceptors (Lipinski definition) is 1. The van der Waals surface area contributed by atoms with Crippen molar-refractivity contribution in [2.24, 2.45) is 5.92 Å². The Hall–Kier alpha value is -1.28. The highest BCUT2D eigenvalue weighted by atomic mass is 14.9. The molecule has 0 saturated carbocycles. The van der Waals surface area contributed by atoms with Crippen molar-refractivity contribution in [1.82, 2.24) is 10.3 Å². The van der Waals surface area contributed by atoms with E-state index in [-0.39, 0.29) is 0 Å². The molecule has 1 saturated heterocycles. The maximum atomic E-state index is 3.44. The summed E-state index contributed by atoms with van der Waals surface area (Å²) in [5, 5.41) is 4.87. The maximum absolute atomic E-state index is 3.44. The smallest absolute Gasteiger partial charge is 0.0456 e. The number of hydrogen-bond donors (Lipinski definition) is 2. The second-order valence-electron chi connectivity index (χ2n) is 5.95. The Bertz CT molecular complexity index is 535. The number of aromatic amines is 1. The largest absolute Gasteiger partial charge is 0.361 e. The summed E-state index contributed by atoms with van der Waals surface area (Å²) in [5.41, 5.74) is 4.13. The first-order valence-corrected chi connectivity index (χ1v) is 7.60. The van der Waals surface area contributed by atoms with E-state index in [4.69, 9.17) is 0 Å². The molecule has 2 N–H and O–H groups in total. The number of nitrogens with one attached hydrogen (secondary N) is 2. The van der Waals surface area contributed by atoms with Gasteiger partial charge in [-0.1, -0.05) is 18.1 Å². The van der Waals surface area contributed by atoms with E-state index in [0.717, 1.165) is 5.92 Å². The van der Waals surface area contributed by atoms with Crippen molar-refractivity contribution in [2.45, 2.75) is 39.0 Å². The molecule has 0 aliphatic carbocycles. The highest BCUT2D eigenvalue weighted by Gasteiger charge is 2.12. The van der Waals surface area contributed by atoms with Crippen molar-refractivity contribution in [3.63, 3.8) is 0 Å². The van der Waals surface area contributed by atoms with Crippen LogP contribution >= 0.6 is 0 Å². The molecule has 1 fully saturated rings. The van der Waals surface area contributed by atoms with Crippen LogP contribution in [0.5, 0.6) is 0 Å². The Morgan fingerprint density at radius 2 is 2.05 bits per heavy atom. The highest BCUT2D eigenvalue weighted by molar-refractivity contribution is 5.83. The molecule has 1 aromatic heterocycles. The second kappa shape index (κ2) is 5.79. The van der Waals surface area contributed by atoms with E-state index >= 15 is 0 Å². The first kappa shape index (κ1) is 12.7. The Kier molecular flexibility index (Phi) is 3.88. The van der Waals surface area contributed by atoms with Gasteiger partial charge in [0.15, 0.2) is 0 Å². The minimum absolute atomic E-state index is 0.952. The lowest BCUT2D eigenvalue weighted by atomic mass is 9.91. The van der Waals surface area contributed by atoms with Gasteiger partial charge in [0.05, 0.1) is 0 Å². The van der Waals surface area contributed by atoms with Crippen LogP contribution in [0.25, 0.3) is 10.9 Å². The molecule has 0 spiro atoms. The van der Waals surface area contributed by atoms with Crippen molar-refractivity contribution >= 4 is 10.9 Å². The monoisotopic (exact) mass is 256 g/mol. The summed E-state index contributed by atoms with van der Waals surface area (Å²) < 4.78 is 0. The Morgan fingerprint density at radius 3 is 2.89 bits per heavy atom. The molecule has 0 unspecified atom stereocenters. The zero-order chi connectivity index (χ0) is 13.1. The van der Waals surface area contributed by atoms with E-state index in [1.165, 1.54) is 67.2 Å². The summed E-state index contributed by atoms with van der Waals surface area (Å²) in [4.78, 5) is 3.39. The number of aryl methyl sites for hydroxylation is 2. The second-order valence-corrected chi connectivity index (χ2v) is 5.95. The zero-order valence-corrected chi connectivity index (χ0v) is 11.8. The van der Waals surface area contributed by atoms with Crippen molar-refractivity contribution < 1.29 is 0 Å². The first-order chi connectivity index (χ1) is 9.33. The standard InChI is InChI=1S/C17H24N2/c1-13-5-6-17-16(11-13)15(12-19-17)4-2-3-14-7-9-18-10-8-14/h5-6,11-12,14,18-19H,2-4,7-10H2,1H3. The molecule has 3 rings (SSSR count). The zero-order valence-electron chi connectivity index (χ0n) is 11.8. The third-order valence-corrected chi connectivity index (χ3v) is 4.44. The summed E-state index contributed by atoms with van der Waals surface area (Å²) in [6.07, 6.45) is 8.87. The molecular weight excluding hydrogens is 232 g/mol. The summed E-state index contributed by atoms with van der Waals surface area (Å²) in [6, 6.07) is 6.68. The quantitative estimate of drug-likeness (QED) is 0.855. The summed E-state index contributed by atoms with van der Waals surface area (Å²) in [5.74, 6) is 0.952.